The maximum Gasteiger partial charge on any atom is 0.200 e. The van der Waals surface area contributed by atoms with E-state index in [0.29, 0.717) is 11.5 Å². The molecule has 0 saturated heterocycles. The number of para-hydroxylation sites is 1. The second kappa shape index (κ2) is 6.55. The van der Waals surface area contributed by atoms with Gasteiger partial charge in [-0.25, -0.2) is 0 Å². The van der Waals surface area contributed by atoms with Crippen LogP contribution in [0.4, 0.5) is 0 Å². The first-order valence-corrected chi connectivity index (χ1v) is 8.57. The highest BCUT2D eigenvalue weighted by molar-refractivity contribution is 5.85. The number of benzene rings is 2. The van der Waals surface area contributed by atoms with E-state index in [4.69, 9.17) is 9.47 Å². The second-order valence-electron chi connectivity index (χ2n) is 6.52. The van der Waals surface area contributed by atoms with Gasteiger partial charge in [0.1, 0.15) is 0 Å². The molecule has 1 aliphatic rings. The van der Waals surface area contributed by atoms with E-state index in [0.717, 1.165) is 23.2 Å². The van der Waals surface area contributed by atoms with E-state index in [1.54, 1.807) is 12.1 Å². The number of aromatic hydroxyl groups is 1. The number of aliphatic hydroxyl groups excluding tert-OH is 1. The number of hydrogen-bond donors (Lipinski definition) is 4. The van der Waals surface area contributed by atoms with E-state index in [9.17, 15) is 10.2 Å². The van der Waals surface area contributed by atoms with Crippen molar-refractivity contribution in [2.45, 2.75) is 18.5 Å². The van der Waals surface area contributed by atoms with Crippen molar-refractivity contribution in [1.82, 2.24) is 10.3 Å². The fourth-order valence-corrected chi connectivity index (χ4v) is 3.77. The molecule has 2 heterocycles. The summed E-state index contributed by atoms with van der Waals surface area (Å²) in [6.07, 6.45) is 0.749. The molecule has 2 aromatic carbocycles. The lowest BCUT2D eigenvalue weighted by molar-refractivity contribution is 0.228. The topological polar surface area (TPSA) is 86.7 Å². The van der Waals surface area contributed by atoms with Crippen molar-refractivity contribution < 1.29 is 19.7 Å². The van der Waals surface area contributed by atoms with Gasteiger partial charge in [-0.2, -0.15) is 0 Å². The number of aromatic nitrogens is 1. The van der Waals surface area contributed by atoms with Crippen LogP contribution in [0.2, 0.25) is 0 Å². The Hall–Kier alpha value is -2.70. The van der Waals surface area contributed by atoms with Crippen LogP contribution in [0.3, 0.4) is 0 Å². The molecule has 0 amide bonds. The molecule has 6 heteroatoms. The van der Waals surface area contributed by atoms with E-state index < -0.39 is 0 Å². The molecule has 0 bridgehead atoms. The molecule has 0 spiro atoms. The minimum absolute atomic E-state index is 0.0230. The van der Waals surface area contributed by atoms with Crippen molar-refractivity contribution in [1.29, 1.82) is 0 Å². The summed E-state index contributed by atoms with van der Waals surface area (Å²) in [4.78, 5) is 3.51. The van der Waals surface area contributed by atoms with Gasteiger partial charge in [-0.15, -0.1) is 0 Å². The fraction of sp³-hybridized carbons (Fsp3) is 0.300. The predicted molar refractivity (Wildman–Crippen MR) is 99.1 cm³/mol. The SMILES string of the molecule is COc1cc([C@H]2N[C@@H](CO)Cc3c2[nH]c2ccccc32)cc(OC)c1O. The van der Waals surface area contributed by atoms with Crippen LogP contribution in [0.1, 0.15) is 22.9 Å². The molecular weight excluding hydrogens is 332 g/mol. The van der Waals surface area contributed by atoms with Gasteiger partial charge in [-0.3, -0.25) is 5.32 Å². The number of phenols is 1. The molecule has 6 nitrogen and oxygen atoms in total. The van der Waals surface area contributed by atoms with Crippen LogP contribution in [0.5, 0.6) is 17.2 Å². The number of ether oxygens (including phenoxy) is 2. The van der Waals surface area contributed by atoms with E-state index in [1.807, 2.05) is 12.1 Å². The quantitative estimate of drug-likeness (QED) is 0.578. The lowest BCUT2D eigenvalue weighted by Crippen LogP contribution is -2.42. The zero-order valence-electron chi connectivity index (χ0n) is 14.7. The molecule has 3 aromatic rings. The monoisotopic (exact) mass is 354 g/mol. The minimum atomic E-state index is -0.174. The van der Waals surface area contributed by atoms with Crippen molar-refractivity contribution >= 4 is 10.9 Å². The number of fused-ring (bicyclic) bond motifs is 3. The molecule has 0 aliphatic carbocycles. The second-order valence-corrected chi connectivity index (χ2v) is 6.52. The lowest BCUT2D eigenvalue weighted by Gasteiger charge is -2.31. The summed E-state index contributed by atoms with van der Waals surface area (Å²) in [6.45, 7) is 0.0435. The zero-order chi connectivity index (χ0) is 18.3. The normalized spacial score (nSPS) is 19.3. The third-order valence-corrected chi connectivity index (χ3v) is 5.04. The first-order chi connectivity index (χ1) is 12.7. The summed E-state index contributed by atoms with van der Waals surface area (Å²) in [7, 11) is 3.02. The first-order valence-electron chi connectivity index (χ1n) is 8.57. The van der Waals surface area contributed by atoms with Crippen molar-refractivity contribution in [3.8, 4) is 17.2 Å². The Labute approximate surface area is 151 Å². The molecule has 0 saturated carbocycles. The number of methoxy groups -OCH3 is 2. The molecule has 0 radical (unpaired) electrons. The number of aliphatic hydroxyl groups is 1. The van der Waals surface area contributed by atoms with E-state index in [-0.39, 0.29) is 24.4 Å². The van der Waals surface area contributed by atoms with E-state index >= 15 is 0 Å². The highest BCUT2D eigenvalue weighted by atomic mass is 16.5. The van der Waals surface area contributed by atoms with Crippen molar-refractivity contribution in [3.63, 3.8) is 0 Å². The summed E-state index contributed by atoms with van der Waals surface area (Å²) >= 11 is 0. The van der Waals surface area contributed by atoms with Crippen LogP contribution in [0, 0.1) is 0 Å². The van der Waals surface area contributed by atoms with Crippen LogP contribution in [0.25, 0.3) is 10.9 Å². The molecule has 4 N–H and O–H groups in total. The van der Waals surface area contributed by atoms with Gasteiger partial charge in [0.2, 0.25) is 5.75 Å². The number of H-pyrrole nitrogens is 1. The van der Waals surface area contributed by atoms with Gasteiger partial charge in [0, 0.05) is 22.6 Å². The predicted octanol–water partition coefficient (Wildman–Crippen LogP) is 2.49. The third-order valence-electron chi connectivity index (χ3n) is 5.04. The van der Waals surface area contributed by atoms with Crippen LogP contribution >= 0.6 is 0 Å². The average molecular weight is 354 g/mol. The Morgan fingerprint density at radius 3 is 2.46 bits per heavy atom. The maximum atomic E-state index is 10.2. The Bertz CT molecular complexity index is 925. The Morgan fingerprint density at radius 2 is 1.81 bits per heavy atom. The molecular formula is C20H22N2O4. The molecule has 0 fully saturated rings. The van der Waals surface area contributed by atoms with E-state index in [2.05, 4.69) is 22.4 Å². The minimum Gasteiger partial charge on any atom is -0.502 e. The maximum absolute atomic E-state index is 10.2. The van der Waals surface area contributed by atoms with Crippen LogP contribution in [0.15, 0.2) is 36.4 Å². The standard InChI is InChI=1S/C20H22N2O4/c1-25-16-7-11(8-17(26-2)20(16)24)18-19-14(9-12(10-23)21-18)13-5-3-4-6-15(13)22-19/h3-8,12,18,21-24H,9-10H2,1-2H3/t12-,18-/m1/s1. The molecule has 0 unspecified atom stereocenters. The highest BCUT2D eigenvalue weighted by Gasteiger charge is 2.31. The van der Waals surface area contributed by atoms with Gasteiger partial charge in [0.15, 0.2) is 11.5 Å². The third kappa shape index (κ3) is 2.58. The van der Waals surface area contributed by atoms with Gasteiger partial charge in [-0.05, 0) is 35.7 Å². The van der Waals surface area contributed by atoms with Gasteiger partial charge < -0.3 is 24.7 Å². The zero-order valence-corrected chi connectivity index (χ0v) is 14.7. The number of rotatable bonds is 4. The number of aromatic amines is 1. The van der Waals surface area contributed by atoms with Crippen molar-refractivity contribution in [2.75, 3.05) is 20.8 Å². The van der Waals surface area contributed by atoms with Gasteiger partial charge in [-0.1, -0.05) is 18.2 Å². The number of hydrogen-bond acceptors (Lipinski definition) is 5. The highest BCUT2D eigenvalue weighted by Crippen LogP contribution is 2.42. The van der Waals surface area contributed by atoms with Gasteiger partial charge >= 0.3 is 0 Å². The fourth-order valence-electron chi connectivity index (χ4n) is 3.77. The Balaban J connectivity index is 1.90. The van der Waals surface area contributed by atoms with Crippen LogP contribution < -0.4 is 14.8 Å². The van der Waals surface area contributed by atoms with Crippen molar-refractivity contribution in [2.24, 2.45) is 0 Å². The molecule has 1 aromatic heterocycles. The molecule has 136 valence electrons. The molecule has 26 heavy (non-hydrogen) atoms. The lowest BCUT2D eigenvalue weighted by atomic mass is 9.90. The number of nitrogens with one attached hydrogen (secondary N) is 2. The number of phenolic OH excluding ortho intramolecular Hbond substituents is 1. The molecule has 2 atom stereocenters. The summed E-state index contributed by atoms with van der Waals surface area (Å²) in [6, 6.07) is 11.5. The smallest absolute Gasteiger partial charge is 0.200 e. The first kappa shape index (κ1) is 16.8. The summed E-state index contributed by atoms with van der Waals surface area (Å²) in [5.74, 6) is 0.681. The largest absolute Gasteiger partial charge is 0.502 e. The van der Waals surface area contributed by atoms with Crippen LogP contribution in [-0.2, 0) is 6.42 Å². The molecule has 4 rings (SSSR count). The molecule has 1 aliphatic heterocycles. The van der Waals surface area contributed by atoms with E-state index in [1.165, 1.54) is 25.2 Å². The summed E-state index contributed by atoms with van der Waals surface area (Å²) in [5.41, 5.74) is 4.23. The average Bonchev–Trinajstić information content (AvgIpc) is 3.06. The Kier molecular flexibility index (Phi) is 4.22. The summed E-state index contributed by atoms with van der Waals surface area (Å²) in [5, 5.41) is 24.6. The van der Waals surface area contributed by atoms with Crippen LogP contribution in [-0.4, -0.2) is 42.1 Å². The van der Waals surface area contributed by atoms with Gasteiger partial charge in [0.25, 0.3) is 0 Å². The van der Waals surface area contributed by atoms with Gasteiger partial charge in [0.05, 0.1) is 26.9 Å². The Morgan fingerprint density at radius 1 is 1.12 bits per heavy atom. The summed E-state index contributed by atoms with van der Waals surface area (Å²) < 4.78 is 10.6. The van der Waals surface area contributed by atoms with Crippen molar-refractivity contribution in [3.05, 3.63) is 53.2 Å².